The molecule has 0 aliphatic heterocycles. The molecule has 1 aromatic heterocycles. The Kier molecular flexibility index (Phi) is 5.71. The van der Waals surface area contributed by atoms with Crippen molar-refractivity contribution in [3.63, 3.8) is 0 Å². The molecule has 3 rings (SSSR count). The lowest BCUT2D eigenvalue weighted by molar-refractivity contribution is -0.152. The Morgan fingerprint density at radius 3 is 2.68 bits per heavy atom. The molecule has 25 heavy (non-hydrogen) atoms. The highest BCUT2D eigenvalue weighted by molar-refractivity contribution is 5.82. The van der Waals surface area contributed by atoms with Crippen molar-refractivity contribution in [2.24, 2.45) is 0 Å². The molecule has 132 valence electrons. The summed E-state index contributed by atoms with van der Waals surface area (Å²) in [4.78, 5) is 24.4. The number of nitrogens with one attached hydrogen (secondary N) is 1. The molecule has 0 spiro atoms. The third-order valence-electron chi connectivity index (χ3n) is 4.29. The number of carbonyl (C=O) groups excluding carboxylic acids is 2. The number of benzene rings is 1. The van der Waals surface area contributed by atoms with Crippen LogP contribution < -0.4 is 5.32 Å². The van der Waals surface area contributed by atoms with E-state index in [0.717, 1.165) is 31.2 Å². The molecule has 0 saturated heterocycles. The average molecular weight is 343 g/mol. The Bertz CT molecular complexity index is 684. The van der Waals surface area contributed by atoms with Crippen LogP contribution >= 0.6 is 0 Å². The molecule has 1 atom stereocenters. The maximum Gasteiger partial charge on any atom is 0.331 e. The summed E-state index contributed by atoms with van der Waals surface area (Å²) in [5.41, 5.74) is 0.954. The average Bonchev–Trinajstić information content (AvgIpc) is 3.32. The minimum Gasteiger partial charge on any atom is -0.454 e. The molecule has 8 heteroatoms. The Morgan fingerprint density at radius 1 is 1.24 bits per heavy atom. The third-order valence-corrected chi connectivity index (χ3v) is 4.29. The molecule has 1 saturated carbocycles. The Balaban J connectivity index is 1.58. The lowest BCUT2D eigenvalue weighted by Gasteiger charge is -2.16. The highest BCUT2D eigenvalue weighted by Crippen LogP contribution is 2.18. The predicted octanol–water partition coefficient (Wildman–Crippen LogP) is 1.06. The largest absolute Gasteiger partial charge is 0.454 e. The molecule has 8 nitrogen and oxygen atoms in total. The Morgan fingerprint density at radius 2 is 2.00 bits per heavy atom. The van der Waals surface area contributed by atoms with E-state index >= 15 is 0 Å². The summed E-state index contributed by atoms with van der Waals surface area (Å²) in [6.45, 7) is -0.289. The number of rotatable bonds is 7. The number of esters is 1. The van der Waals surface area contributed by atoms with Crippen LogP contribution in [0.25, 0.3) is 0 Å². The fraction of sp³-hybridized carbons (Fsp3) is 0.471. The van der Waals surface area contributed by atoms with E-state index in [-0.39, 0.29) is 18.6 Å². The molecule has 0 radical (unpaired) electrons. The van der Waals surface area contributed by atoms with Crippen molar-refractivity contribution in [2.75, 3.05) is 6.61 Å². The minimum absolute atomic E-state index is 0.200. The molecule has 1 aromatic carbocycles. The number of carbonyl (C=O) groups is 2. The van der Waals surface area contributed by atoms with Crippen LogP contribution in [0.4, 0.5) is 0 Å². The van der Waals surface area contributed by atoms with E-state index in [0.29, 0.717) is 6.42 Å². The fourth-order valence-electron chi connectivity index (χ4n) is 3.01. The molecule has 2 aromatic rings. The third kappa shape index (κ3) is 4.85. The zero-order chi connectivity index (χ0) is 17.5. The minimum atomic E-state index is -0.711. The van der Waals surface area contributed by atoms with Gasteiger partial charge in [0, 0.05) is 12.5 Å². The van der Waals surface area contributed by atoms with Gasteiger partial charge in [0.05, 0.1) is 0 Å². The van der Waals surface area contributed by atoms with Gasteiger partial charge >= 0.3 is 5.97 Å². The first-order valence-corrected chi connectivity index (χ1v) is 8.45. The predicted molar refractivity (Wildman–Crippen MR) is 88.4 cm³/mol. The second kappa shape index (κ2) is 8.36. The van der Waals surface area contributed by atoms with Crippen LogP contribution in [0, 0.1) is 0 Å². The zero-order valence-electron chi connectivity index (χ0n) is 13.9. The van der Waals surface area contributed by atoms with Crippen molar-refractivity contribution >= 4 is 11.9 Å². The van der Waals surface area contributed by atoms with Crippen molar-refractivity contribution in [1.82, 2.24) is 25.5 Å². The van der Waals surface area contributed by atoms with Gasteiger partial charge in [-0.05, 0) is 28.8 Å². The van der Waals surface area contributed by atoms with E-state index in [1.807, 2.05) is 30.3 Å². The maximum atomic E-state index is 12.5. The van der Waals surface area contributed by atoms with Gasteiger partial charge in [0.15, 0.2) is 12.6 Å². The lowest BCUT2D eigenvalue weighted by Crippen LogP contribution is -2.37. The topological polar surface area (TPSA) is 99.0 Å². The van der Waals surface area contributed by atoms with Gasteiger partial charge in [-0.3, -0.25) is 4.79 Å². The van der Waals surface area contributed by atoms with Crippen LogP contribution in [0.1, 0.15) is 37.3 Å². The first-order valence-electron chi connectivity index (χ1n) is 8.45. The number of amides is 1. The van der Waals surface area contributed by atoms with E-state index < -0.39 is 12.0 Å². The number of aromatic nitrogens is 4. The van der Waals surface area contributed by atoms with Crippen molar-refractivity contribution < 1.29 is 14.3 Å². The number of hydrogen-bond acceptors (Lipinski definition) is 6. The van der Waals surface area contributed by atoms with Crippen molar-refractivity contribution in [3.05, 3.63) is 42.2 Å². The van der Waals surface area contributed by atoms with E-state index in [9.17, 15) is 9.59 Å². The zero-order valence-corrected chi connectivity index (χ0v) is 13.9. The van der Waals surface area contributed by atoms with Gasteiger partial charge < -0.3 is 10.1 Å². The van der Waals surface area contributed by atoms with E-state index in [4.69, 9.17) is 4.74 Å². The quantitative estimate of drug-likeness (QED) is 0.755. The lowest BCUT2D eigenvalue weighted by atomic mass is 10.1. The summed E-state index contributed by atoms with van der Waals surface area (Å²) < 4.78 is 6.56. The second-order valence-electron chi connectivity index (χ2n) is 6.15. The van der Waals surface area contributed by atoms with E-state index in [2.05, 4.69) is 20.8 Å². The SMILES string of the molecule is O=C(COC(=O)[C@H](Cc1ccccc1)n1cnnn1)NC1CCCC1. The second-order valence-corrected chi connectivity index (χ2v) is 6.15. The molecule has 0 unspecified atom stereocenters. The van der Waals surface area contributed by atoms with Crippen LogP contribution in [-0.4, -0.2) is 44.7 Å². The first kappa shape index (κ1) is 17.1. The Labute approximate surface area is 145 Å². The summed E-state index contributed by atoms with van der Waals surface area (Å²) in [7, 11) is 0. The van der Waals surface area contributed by atoms with E-state index in [1.54, 1.807) is 0 Å². The highest BCUT2D eigenvalue weighted by Gasteiger charge is 2.25. The van der Waals surface area contributed by atoms with Gasteiger partial charge in [-0.15, -0.1) is 5.10 Å². The molecule has 1 N–H and O–H groups in total. The van der Waals surface area contributed by atoms with Gasteiger partial charge in [-0.2, -0.15) is 0 Å². The van der Waals surface area contributed by atoms with Gasteiger partial charge in [0.2, 0.25) is 0 Å². The summed E-state index contributed by atoms with van der Waals surface area (Å²) in [5.74, 6) is -0.798. The van der Waals surface area contributed by atoms with Crippen LogP contribution in [0.5, 0.6) is 0 Å². The molecular formula is C17H21N5O3. The summed E-state index contributed by atoms with van der Waals surface area (Å²) in [6.07, 6.45) is 5.98. The van der Waals surface area contributed by atoms with Crippen molar-refractivity contribution in [3.8, 4) is 0 Å². The molecule has 1 aliphatic rings. The maximum absolute atomic E-state index is 12.5. The summed E-state index contributed by atoms with van der Waals surface area (Å²) in [6, 6.07) is 9.01. The first-order chi connectivity index (χ1) is 12.2. The van der Waals surface area contributed by atoms with Gasteiger partial charge in [0.1, 0.15) is 6.33 Å². The smallest absolute Gasteiger partial charge is 0.331 e. The van der Waals surface area contributed by atoms with Gasteiger partial charge in [-0.25, -0.2) is 9.48 Å². The normalized spacial score (nSPS) is 15.7. The Hall–Kier alpha value is -2.77. The molecule has 0 bridgehead atoms. The fourth-order valence-corrected chi connectivity index (χ4v) is 3.01. The van der Waals surface area contributed by atoms with Crippen molar-refractivity contribution in [1.29, 1.82) is 0 Å². The molecule has 1 fully saturated rings. The van der Waals surface area contributed by atoms with Gasteiger partial charge in [-0.1, -0.05) is 43.2 Å². The number of tetrazole rings is 1. The summed E-state index contributed by atoms with van der Waals surface area (Å²) >= 11 is 0. The monoisotopic (exact) mass is 343 g/mol. The number of nitrogens with zero attached hydrogens (tertiary/aromatic N) is 4. The highest BCUT2D eigenvalue weighted by atomic mass is 16.5. The number of ether oxygens (including phenoxy) is 1. The van der Waals surface area contributed by atoms with Crippen molar-refractivity contribution in [2.45, 2.75) is 44.2 Å². The van der Waals surface area contributed by atoms with Crippen LogP contribution in [-0.2, 0) is 20.7 Å². The molecular weight excluding hydrogens is 322 g/mol. The molecule has 1 amide bonds. The standard InChI is InChI=1S/C17H21N5O3/c23-16(19-14-8-4-5-9-14)11-25-17(24)15(22-12-18-20-21-22)10-13-6-2-1-3-7-13/h1-3,6-7,12,14-15H,4-5,8-11H2,(H,19,23)/t15-/m0/s1. The summed E-state index contributed by atoms with van der Waals surface area (Å²) in [5, 5.41) is 13.8. The van der Waals surface area contributed by atoms with Crippen LogP contribution in [0.15, 0.2) is 36.7 Å². The molecule has 1 heterocycles. The van der Waals surface area contributed by atoms with Crippen LogP contribution in [0.3, 0.4) is 0 Å². The molecule has 1 aliphatic carbocycles. The van der Waals surface area contributed by atoms with Gasteiger partial charge in [0.25, 0.3) is 5.91 Å². The van der Waals surface area contributed by atoms with Crippen LogP contribution in [0.2, 0.25) is 0 Å². The number of hydrogen-bond donors (Lipinski definition) is 1. The van der Waals surface area contributed by atoms with E-state index in [1.165, 1.54) is 11.0 Å².